The molecule has 0 bridgehead atoms. The Morgan fingerprint density at radius 3 is 1.53 bits per heavy atom. The van der Waals surface area contributed by atoms with Crippen molar-refractivity contribution in [2.75, 3.05) is 0 Å². The van der Waals surface area contributed by atoms with Crippen molar-refractivity contribution >= 4 is 45.9 Å². The zero-order chi connectivity index (χ0) is 12.7. The van der Waals surface area contributed by atoms with Crippen molar-refractivity contribution in [3.63, 3.8) is 0 Å². The molecule has 1 rings (SSSR count). The maximum absolute atomic E-state index is 10.5. The molecule has 1 aliphatic carbocycles. The Bertz CT molecular complexity index is 254. The van der Waals surface area contributed by atoms with Crippen molar-refractivity contribution in [3.05, 3.63) is 0 Å². The Morgan fingerprint density at radius 1 is 0.842 bits per heavy atom. The minimum Gasteiger partial charge on any atom is -0.481 e. The Morgan fingerprint density at radius 2 is 1.21 bits per heavy atom. The molecule has 2 N–H and O–H groups in total. The number of hydrogen-bond acceptors (Lipinski definition) is 2. The summed E-state index contributed by atoms with van der Waals surface area (Å²) in [5, 5.41) is 17.3. The summed E-state index contributed by atoms with van der Waals surface area (Å²) in [6, 6.07) is 0. The van der Waals surface area contributed by atoms with Crippen LogP contribution in [0.2, 0.25) is 0 Å². The topological polar surface area (TPSA) is 74.6 Å². The Kier molecular flexibility index (Phi) is 11.9. The van der Waals surface area contributed by atoms with Gasteiger partial charge in [-0.15, -0.1) is 34.0 Å². The van der Waals surface area contributed by atoms with Gasteiger partial charge in [0.15, 0.2) is 0 Å². The highest BCUT2D eigenvalue weighted by Crippen LogP contribution is 2.46. The van der Waals surface area contributed by atoms with Crippen molar-refractivity contribution in [2.45, 2.75) is 64.2 Å². The molecule has 0 spiro atoms. The second-order valence-electron chi connectivity index (χ2n) is 5.20. The summed E-state index contributed by atoms with van der Waals surface area (Å²) in [5.41, 5.74) is 0.241. The third-order valence-electron chi connectivity index (χ3n) is 3.86. The highest BCUT2D eigenvalue weighted by atomic mass is 79.9. The van der Waals surface area contributed by atoms with Crippen molar-refractivity contribution in [3.8, 4) is 0 Å². The lowest BCUT2D eigenvalue weighted by Gasteiger charge is -2.28. The second kappa shape index (κ2) is 10.7. The molecule has 1 saturated carbocycles. The van der Waals surface area contributed by atoms with Crippen LogP contribution in [0.1, 0.15) is 64.2 Å². The lowest BCUT2D eigenvalue weighted by Crippen LogP contribution is -2.17. The summed E-state index contributed by atoms with van der Waals surface area (Å²) in [4.78, 5) is 21.0. The molecule has 0 amide bonds. The molecule has 1 aliphatic rings. The van der Waals surface area contributed by atoms with E-state index < -0.39 is 11.9 Å². The van der Waals surface area contributed by atoms with Crippen LogP contribution >= 0.6 is 34.0 Å². The van der Waals surface area contributed by atoms with Crippen LogP contribution in [0.25, 0.3) is 0 Å². The monoisotopic (exact) mass is 402 g/mol. The van der Waals surface area contributed by atoms with Crippen molar-refractivity contribution < 1.29 is 19.8 Å². The standard InChI is InChI=1S/C13H22O4.2BrH/c14-11(15)5-3-9-13(7-1-2-8-13)10-4-6-12(16)17;;/h1-10H2,(H,14,15)(H,16,17);2*1H. The van der Waals surface area contributed by atoms with Gasteiger partial charge in [0.05, 0.1) is 0 Å². The van der Waals surface area contributed by atoms with Crippen molar-refractivity contribution in [1.82, 2.24) is 0 Å². The van der Waals surface area contributed by atoms with E-state index in [-0.39, 0.29) is 52.2 Å². The Labute approximate surface area is 135 Å². The quantitative estimate of drug-likeness (QED) is 0.636. The molecule has 0 aromatic heterocycles. The van der Waals surface area contributed by atoms with Gasteiger partial charge < -0.3 is 10.2 Å². The molecule has 0 aliphatic heterocycles. The Balaban J connectivity index is 0. The molecule has 0 radical (unpaired) electrons. The maximum atomic E-state index is 10.5. The number of hydrogen-bond donors (Lipinski definition) is 2. The first-order valence-corrected chi connectivity index (χ1v) is 6.48. The minimum atomic E-state index is -0.733. The van der Waals surface area contributed by atoms with E-state index in [0.29, 0.717) is 0 Å². The average Bonchev–Trinajstić information content (AvgIpc) is 2.66. The van der Waals surface area contributed by atoms with Gasteiger partial charge in [-0.2, -0.15) is 0 Å². The molecule has 0 unspecified atom stereocenters. The van der Waals surface area contributed by atoms with Gasteiger partial charge in [-0.3, -0.25) is 9.59 Å². The SMILES string of the molecule is Br.Br.O=C(O)CCCC1(CCCC(=O)O)CCCC1. The zero-order valence-electron chi connectivity index (χ0n) is 11.1. The van der Waals surface area contributed by atoms with E-state index in [4.69, 9.17) is 10.2 Å². The third kappa shape index (κ3) is 8.63. The fourth-order valence-electron chi connectivity index (χ4n) is 2.98. The van der Waals surface area contributed by atoms with Crippen LogP contribution in [0, 0.1) is 5.41 Å². The van der Waals surface area contributed by atoms with Crippen LogP contribution in [-0.2, 0) is 9.59 Å². The fraction of sp³-hybridized carbons (Fsp3) is 0.846. The molecular weight excluding hydrogens is 380 g/mol. The van der Waals surface area contributed by atoms with Crippen LogP contribution in [0.5, 0.6) is 0 Å². The first-order valence-electron chi connectivity index (χ1n) is 6.48. The predicted octanol–water partition coefficient (Wildman–Crippen LogP) is 4.21. The lowest BCUT2D eigenvalue weighted by atomic mass is 9.77. The summed E-state index contributed by atoms with van der Waals surface area (Å²) >= 11 is 0. The average molecular weight is 404 g/mol. The van der Waals surface area contributed by atoms with E-state index >= 15 is 0 Å². The van der Waals surface area contributed by atoms with Gasteiger partial charge in [0.2, 0.25) is 0 Å². The number of carboxylic acid groups (broad SMARTS) is 2. The first-order chi connectivity index (χ1) is 8.04. The largest absolute Gasteiger partial charge is 0.481 e. The molecule has 19 heavy (non-hydrogen) atoms. The van der Waals surface area contributed by atoms with Crippen molar-refractivity contribution in [1.29, 1.82) is 0 Å². The van der Waals surface area contributed by atoms with Gasteiger partial charge in [0, 0.05) is 12.8 Å². The van der Waals surface area contributed by atoms with Gasteiger partial charge in [-0.25, -0.2) is 0 Å². The van der Waals surface area contributed by atoms with Crippen LogP contribution < -0.4 is 0 Å². The summed E-state index contributed by atoms with van der Waals surface area (Å²) in [6.45, 7) is 0. The predicted molar refractivity (Wildman–Crippen MR) is 84.5 cm³/mol. The molecular formula is C13H24Br2O4. The van der Waals surface area contributed by atoms with E-state index in [9.17, 15) is 9.59 Å². The summed E-state index contributed by atoms with van der Waals surface area (Å²) in [7, 11) is 0. The molecule has 0 aromatic carbocycles. The number of carbonyl (C=O) groups is 2. The number of carboxylic acids is 2. The normalized spacial score (nSPS) is 16.2. The van der Waals surface area contributed by atoms with E-state index in [1.807, 2.05) is 0 Å². The van der Waals surface area contributed by atoms with Gasteiger partial charge >= 0.3 is 11.9 Å². The molecule has 1 fully saturated rings. The highest BCUT2D eigenvalue weighted by molar-refractivity contribution is 8.93. The maximum Gasteiger partial charge on any atom is 0.303 e. The smallest absolute Gasteiger partial charge is 0.303 e. The number of aliphatic carboxylic acids is 2. The molecule has 114 valence electrons. The number of rotatable bonds is 8. The van der Waals surface area contributed by atoms with E-state index in [2.05, 4.69) is 0 Å². The van der Waals surface area contributed by atoms with Crippen molar-refractivity contribution in [2.24, 2.45) is 5.41 Å². The van der Waals surface area contributed by atoms with Gasteiger partial charge in [0.1, 0.15) is 0 Å². The molecule has 0 aromatic rings. The Hall–Kier alpha value is -0.100. The van der Waals surface area contributed by atoms with Crippen LogP contribution in [0.15, 0.2) is 0 Å². The fourth-order valence-corrected chi connectivity index (χ4v) is 2.98. The van der Waals surface area contributed by atoms with E-state index in [1.165, 1.54) is 12.8 Å². The molecule has 0 heterocycles. The third-order valence-corrected chi connectivity index (χ3v) is 3.86. The highest BCUT2D eigenvalue weighted by Gasteiger charge is 2.32. The van der Waals surface area contributed by atoms with Gasteiger partial charge in [0.25, 0.3) is 0 Å². The minimum absolute atomic E-state index is 0. The second-order valence-corrected chi connectivity index (χ2v) is 5.20. The molecule has 4 nitrogen and oxygen atoms in total. The van der Waals surface area contributed by atoms with E-state index in [0.717, 1.165) is 38.5 Å². The summed E-state index contributed by atoms with van der Waals surface area (Å²) < 4.78 is 0. The van der Waals surface area contributed by atoms with Crippen LogP contribution in [-0.4, -0.2) is 22.2 Å². The van der Waals surface area contributed by atoms with E-state index in [1.54, 1.807) is 0 Å². The summed E-state index contributed by atoms with van der Waals surface area (Å²) in [5.74, 6) is -1.47. The summed E-state index contributed by atoms with van der Waals surface area (Å²) in [6.07, 6.45) is 8.52. The molecule has 0 atom stereocenters. The first kappa shape index (κ1) is 21.2. The van der Waals surface area contributed by atoms with Gasteiger partial charge in [-0.05, 0) is 43.9 Å². The van der Waals surface area contributed by atoms with Gasteiger partial charge in [-0.1, -0.05) is 12.8 Å². The number of halogens is 2. The van der Waals surface area contributed by atoms with Crippen LogP contribution in [0.3, 0.4) is 0 Å². The molecule has 6 heteroatoms. The van der Waals surface area contributed by atoms with Crippen LogP contribution in [0.4, 0.5) is 0 Å². The molecule has 0 saturated heterocycles. The zero-order valence-corrected chi connectivity index (χ0v) is 14.5. The lowest BCUT2D eigenvalue weighted by molar-refractivity contribution is -0.138.